The van der Waals surface area contributed by atoms with Crippen LogP contribution in [0.1, 0.15) is 44.6 Å². The quantitative estimate of drug-likeness (QED) is 0.505. The minimum atomic E-state index is -1.93. The zero-order valence-corrected chi connectivity index (χ0v) is 12.0. The van der Waals surface area contributed by atoms with E-state index in [1.165, 1.54) is 24.8 Å². The van der Waals surface area contributed by atoms with Crippen LogP contribution >= 0.6 is 0 Å². The average molecular weight is 267 g/mol. The monoisotopic (exact) mass is 267 g/mol. The lowest BCUT2D eigenvalue weighted by molar-refractivity contribution is 0.468. The minimum Gasteiger partial charge on any atom is -0.772 e. The van der Waals surface area contributed by atoms with Crippen LogP contribution in [0.3, 0.4) is 0 Å². The molecule has 0 aliphatic carbocycles. The second-order valence-electron chi connectivity index (χ2n) is 4.88. The van der Waals surface area contributed by atoms with Crippen LogP contribution in [0, 0.1) is 5.92 Å². The highest BCUT2D eigenvalue weighted by molar-refractivity contribution is 7.79. The molecule has 0 spiro atoms. The first-order valence-corrected chi connectivity index (χ1v) is 8.06. The third kappa shape index (κ3) is 6.92. The zero-order valence-electron chi connectivity index (χ0n) is 11.1. The molecule has 0 aliphatic heterocycles. The fourth-order valence-corrected chi connectivity index (χ4v) is 2.91. The Bertz CT molecular complexity index is 338. The highest BCUT2D eigenvalue weighted by atomic mass is 32.2. The van der Waals surface area contributed by atoms with Gasteiger partial charge in [0.2, 0.25) is 0 Å². The molecule has 1 aromatic rings. The normalized spacial score (nSPS) is 14.3. The van der Waals surface area contributed by atoms with Gasteiger partial charge in [0.25, 0.3) is 0 Å². The summed E-state index contributed by atoms with van der Waals surface area (Å²) >= 11 is -1.93. The van der Waals surface area contributed by atoms with Crippen molar-refractivity contribution in [1.29, 1.82) is 0 Å². The smallest absolute Gasteiger partial charge is 0.0133 e. The summed E-state index contributed by atoms with van der Waals surface area (Å²) in [6, 6.07) is 10.2. The van der Waals surface area contributed by atoms with Crippen molar-refractivity contribution in [2.45, 2.75) is 45.4 Å². The van der Waals surface area contributed by atoms with Crippen LogP contribution in [0.15, 0.2) is 30.3 Å². The Morgan fingerprint density at radius 1 is 1.17 bits per heavy atom. The summed E-state index contributed by atoms with van der Waals surface area (Å²) in [6.07, 6.45) is 6.72. The maximum atomic E-state index is 10.9. The molecule has 0 saturated heterocycles. The number of hydrogen-bond acceptors (Lipinski definition) is 2. The highest BCUT2D eigenvalue weighted by Crippen LogP contribution is 2.17. The van der Waals surface area contributed by atoms with Gasteiger partial charge in [0.15, 0.2) is 0 Å². The van der Waals surface area contributed by atoms with E-state index in [9.17, 15) is 8.76 Å². The molecule has 2 nitrogen and oxygen atoms in total. The van der Waals surface area contributed by atoms with Crippen LogP contribution in [-0.2, 0) is 17.5 Å². The number of hydrogen-bond donors (Lipinski definition) is 0. The predicted molar refractivity (Wildman–Crippen MR) is 76.2 cm³/mol. The minimum absolute atomic E-state index is 0.266. The first kappa shape index (κ1) is 15.4. The van der Waals surface area contributed by atoms with Gasteiger partial charge < -0.3 is 4.55 Å². The van der Waals surface area contributed by atoms with Gasteiger partial charge in [0.1, 0.15) is 0 Å². The third-order valence-corrected chi connectivity index (χ3v) is 3.95. The molecule has 0 aromatic heterocycles. The summed E-state index contributed by atoms with van der Waals surface area (Å²) in [5, 5.41) is 0. The Labute approximate surface area is 113 Å². The molecule has 1 rings (SSSR count). The molecule has 0 aliphatic rings. The van der Waals surface area contributed by atoms with Gasteiger partial charge in [-0.05, 0) is 24.3 Å². The Kier molecular flexibility index (Phi) is 7.94. The van der Waals surface area contributed by atoms with Gasteiger partial charge in [-0.25, -0.2) is 0 Å². The summed E-state index contributed by atoms with van der Waals surface area (Å²) < 4.78 is 21.8. The molecule has 1 aromatic carbocycles. The Morgan fingerprint density at radius 3 is 2.50 bits per heavy atom. The molecule has 0 N–H and O–H groups in total. The van der Waals surface area contributed by atoms with E-state index < -0.39 is 11.1 Å². The van der Waals surface area contributed by atoms with Gasteiger partial charge in [0.05, 0.1) is 0 Å². The number of benzene rings is 1. The fraction of sp³-hybridized carbons (Fsp3) is 0.600. The van der Waals surface area contributed by atoms with Crippen molar-refractivity contribution in [2.75, 3.05) is 5.75 Å². The van der Waals surface area contributed by atoms with E-state index in [1.54, 1.807) is 0 Å². The molecule has 2 atom stereocenters. The third-order valence-electron chi connectivity index (χ3n) is 3.20. The van der Waals surface area contributed by atoms with E-state index in [1.807, 2.05) is 18.2 Å². The SMILES string of the molecule is CCCCCCC(Cc1ccccc1)CS(=O)[O-]. The van der Waals surface area contributed by atoms with E-state index in [0.29, 0.717) is 5.75 Å². The number of unbranched alkanes of at least 4 members (excludes halogenated alkanes) is 3. The maximum Gasteiger partial charge on any atom is 0.0133 e. The highest BCUT2D eigenvalue weighted by Gasteiger charge is 2.09. The predicted octanol–water partition coefficient (Wildman–Crippen LogP) is 3.69. The van der Waals surface area contributed by atoms with Gasteiger partial charge in [-0.15, -0.1) is 0 Å². The second-order valence-corrected chi connectivity index (χ2v) is 5.82. The van der Waals surface area contributed by atoms with Crippen LogP contribution in [0.4, 0.5) is 0 Å². The second kappa shape index (κ2) is 9.29. The molecular weight excluding hydrogens is 244 g/mol. The van der Waals surface area contributed by atoms with Crippen molar-refractivity contribution >= 4 is 11.1 Å². The molecule has 0 heterocycles. The molecule has 0 fully saturated rings. The summed E-state index contributed by atoms with van der Waals surface area (Å²) in [7, 11) is 0. The lowest BCUT2D eigenvalue weighted by atomic mass is 9.95. The fourth-order valence-electron chi connectivity index (χ4n) is 2.24. The lowest BCUT2D eigenvalue weighted by Gasteiger charge is -2.18. The van der Waals surface area contributed by atoms with Gasteiger partial charge in [0, 0.05) is 5.75 Å². The molecule has 0 amide bonds. The van der Waals surface area contributed by atoms with Crippen LogP contribution < -0.4 is 0 Å². The van der Waals surface area contributed by atoms with Crippen molar-refractivity contribution in [2.24, 2.45) is 5.92 Å². The van der Waals surface area contributed by atoms with Crippen LogP contribution in [0.5, 0.6) is 0 Å². The van der Waals surface area contributed by atoms with Crippen molar-refractivity contribution in [3.05, 3.63) is 35.9 Å². The van der Waals surface area contributed by atoms with Gasteiger partial charge >= 0.3 is 0 Å². The molecular formula is C15H23O2S-. The molecule has 2 unspecified atom stereocenters. The molecule has 0 radical (unpaired) electrons. The Hall–Kier alpha value is -0.670. The van der Waals surface area contributed by atoms with E-state index in [-0.39, 0.29) is 5.92 Å². The standard InChI is InChI=1S/C15H24O2S/c1-2-3-4-6-11-15(13-18(16)17)12-14-9-7-5-8-10-14/h5,7-10,15H,2-4,6,11-13H2,1H3,(H,16,17)/p-1. The molecule has 102 valence electrons. The van der Waals surface area contributed by atoms with Crippen molar-refractivity contribution < 1.29 is 8.76 Å². The van der Waals surface area contributed by atoms with Crippen LogP contribution in [-0.4, -0.2) is 14.5 Å². The molecule has 3 heteroatoms. The zero-order chi connectivity index (χ0) is 13.2. The van der Waals surface area contributed by atoms with Gasteiger partial charge in [-0.3, -0.25) is 4.21 Å². The van der Waals surface area contributed by atoms with Gasteiger partial charge in [-0.2, -0.15) is 0 Å². The number of rotatable bonds is 9. The van der Waals surface area contributed by atoms with E-state index in [4.69, 9.17) is 0 Å². The van der Waals surface area contributed by atoms with Crippen LogP contribution in [0.25, 0.3) is 0 Å². The summed E-state index contributed by atoms with van der Waals surface area (Å²) in [6.45, 7) is 2.19. The Morgan fingerprint density at radius 2 is 1.89 bits per heavy atom. The average Bonchev–Trinajstić information content (AvgIpc) is 2.35. The molecule has 18 heavy (non-hydrogen) atoms. The van der Waals surface area contributed by atoms with Crippen LogP contribution in [0.2, 0.25) is 0 Å². The topological polar surface area (TPSA) is 40.1 Å². The summed E-state index contributed by atoms with van der Waals surface area (Å²) in [5.41, 5.74) is 1.24. The lowest BCUT2D eigenvalue weighted by Crippen LogP contribution is -2.14. The summed E-state index contributed by atoms with van der Waals surface area (Å²) in [4.78, 5) is 0. The molecule has 0 saturated carbocycles. The van der Waals surface area contributed by atoms with Crippen molar-refractivity contribution in [1.82, 2.24) is 0 Å². The van der Waals surface area contributed by atoms with Crippen molar-refractivity contribution in [3.8, 4) is 0 Å². The van der Waals surface area contributed by atoms with E-state index in [2.05, 4.69) is 19.1 Å². The first-order chi connectivity index (χ1) is 8.72. The van der Waals surface area contributed by atoms with Gasteiger partial charge in [-0.1, -0.05) is 74.0 Å². The maximum absolute atomic E-state index is 10.9. The van der Waals surface area contributed by atoms with E-state index in [0.717, 1.165) is 19.3 Å². The molecule has 0 bridgehead atoms. The van der Waals surface area contributed by atoms with Crippen molar-refractivity contribution in [3.63, 3.8) is 0 Å². The summed E-state index contributed by atoms with van der Waals surface area (Å²) in [5.74, 6) is 0.559. The van der Waals surface area contributed by atoms with E-state index >= 15 is 0 Å². The first-order valence-electron chi connectivity index (χ1n) is 6.82. The Balaban J connectivity index is 2.42. The largest absolute Gasteiger partial charge is 0.772 e.